The van der Waals surface area contributed by atoms with Crippen LogP contribution in [0.25, 0.3) is 0 Å². The number of nitrogen functional groups attached to an aromatic ring is 1. The maximum absolute atomic E-state index is 13.5. The van der Waals surface area contributed by atoms with E-state index in [0.29, 0.717) is 17.0 Å². The molecular weight excluding hydrogens is 444 g/mol. The third-order valence-corrected chi connectivity index (χ3v) is 7.92. The third kappa shape index (κ3) is 3.98. The Kier molecular flexibility index (Phi) is 5.98. The van der Waals surface area contributed by atoms with Gasteiger partial charge in [-0.2, -0.15) is 0 Å². The van der Waals surface area contributed by atoms with Gasteiger partial charge in [0.2, 0.25) is 15.6 Å². The Balaban J connectivity index is 1.90. The van der Waals surface area contributed by atoms with Crippen molar-refractivity contribution in [3.8, 4) is 5.75 Å². The maximum Gasteiger partial charge on any atom is 0.211 e. The number of nitrogens with two attached hydrogens (primary N) is 1. The SMILES string of the molecule is COc1ccccc1Nc1sc(C(=O)c2ccccc2)c(N)c1S(=O)(=O)c1ccccc1. The zero-order valence-electron chi connectivity index (χ0n) is 17.1. The minimum absolute atomic E-state index is 0.0786. The zero-order valence-corrected chi connectivity index (χ0v) is 18.7. The Bertz CT molecular complexity index is 1370. The van der Waals surface area contributed by atoms with E-state index < -0.39 is 9.84 Å². The largest absolute Gasteiger partial charge is 0.495 e. The van der Waals surface area contributed by atoms with Gasteiger partial charge in [0, 0.05) is 5.56 Å². The van der Waals surface area contributed by atoms with Gasteiger partial charge in [0.1, 0.15) is 20.5 Å². The van der Waals surface area contributed by atoms with E-state index in [0.717, 1.165) is 11.3 Å². The third-order valence-electron chi connectivity index (χ3n) is 4.82. The molecule has 3 aromatic carbocycles. The zero-order chi connectivity index (χ0) is 22.7. The van der Waals surface area contributed by atoms with E-state index in [1.807, 2.05) is 0 Å². The van der Waals surface area contributed by atoms with E-state index in [-0.39, 0.29) is 31.1 Å². The molecule has 162 valence electrons. The molecule has 0 saturated carbocycles. The molecule has 0 aliphatic carbocycles. The van der Waals surface area contributed by atoms with Crippen LogP contribution >= 0.6 is 11.3 Å². The number of nitrogens with one attached hydrogen (secondary N) is 1. The van der Waals surface area contributed by atoms with Crippen molar-refractivity contribution in [2.45, 2.75) is 9.79 Å². The minimum Gasteiger partial charge on any atom is -0.495 e. The number of hydrogen-bond donors (Lipinski definition) is 2. The summed E-state index contributed by atoms with van der Waals surface area (Å²) in [6.45, 7) is 0. The molecule has 0 spiro atoms. The van der Waals surface area contributed by atoms with E-state index in [1.54, 1.807) is 72.8 Å². The van der Waals surface area contributed by atoms with Crippen LogP contribution in [0.15, 0.2) is 94.7 Å². The van der Waals surface area contributed by atoms with Crippen LogP contribution in [0.3, 0.4) is 0 Å². The highest BCUT2D eigenvalue weighted by atomic mass is 32.2. The topological polar surface area (TPSA) is 98.5 Å². The number of benzene rings is 3. The van der Waals surface area contributed by atoms with Crippen LogP contribution in [0.4, 0.5) is 16.4 Å². The summed E-state index contributed by atoms with van der Waals surface area (Å²) in [4.78, 5) is 13.3. The molecule has 0 unspecified atom stereocenters. The summed E-state index contributed by atoms with van der Waals surface area (Å²) >= 11 is 1.00. The monoisotopic (exact) mass is 464 g/mol. The number of ether oxygens (including phenoxy) is 1. The molecule has 1 aromatic heterocycles. The van der Waals surface area contributed by atoms with Crippen molar-refractivity contribution in [3.63, 3.8) is 0 Å². The highest BCUT2D eigenvalue weighted by molar-refractivity contribution is 7.92. The van der Waals surface area contributed by atoms with Crippen LogP contribution in [0.2, 0.25) is 0 Å². The molecule has 0 saturated heterocycles. The highest BCUT2D eigenvalue weighted by Crippen LogP contribution is 2.44. The number of rotatable bonds is 7. The Morgan fingerprint density at radius 1 is 0.906 bits per heavy atom. The van der Waals surface area contributed by atoms with E-state index in [1.165, 1.54) is 19.2 Å². The van der Waals surface area contributed by atoms with Crippen molar-refractivity contribution in [1.82, 2.24) is 0 Å². The van der Waals surface area contributed by atoms with Crippen molar-refractivity contribution in [2.75, 3.05) is 18.2 Å². The van der Waals surface area contributed by atoms with Crippen molar-refractivity contribution in [1.29, 1.82) is 0 Å². The van der Waals surface area contributed by atoms with Gasteiger partial charge >= 0.3 is 0 Å². The molecule has 0 aliphatic rings. The van der Waals surface area contributed by atoms with E-state index in [9.17, 15) is 13.2 Å². The smallest absolute Gasteiger partial charge is 0.211 e. The van der Waals surface area contributed by atoms with Crippen molar-refractivity contribution < 1.29 is 17.9 Å². The number of thiophene rings is 1. The molecule has 0 bridgehead atoms. The average molecular weight is 465 g/mol. The van der Waals surface area contributed by atoms with Gasteiger partial charge < -0.3 is 15.8 Å². The number of methoxy groups -OCH3 is 1. The second-order valence-electron chi connectivity index (χ2n) is 6.84. The van der Waals surface area contributed by atoms with E-state index in [4.69, 9.17) is 10.5 Å². The Labute approximate surface area is 190 Å². The fourth-order valence-electron chi connectivity index (χ4n) is 3.25. The van der Waals surface area contributed by atoms with Crippen LogP contribution in [-0.2, 0) is 9.84 Å². The second kappa shape index (κ2) is 8.86. The molecule has 3 N–H and O–H groups in total. The standard InChI is InChI=1S/C24H20N2O4S2/c1-30-19-15-9-8-14-18(19)26-24-23(32(28,29)17-12-6-3-7-13-17)20(25)22(31-24)21(27)16-10-4-2-5-11-16/h2-15,26H,25H2,1H3. The predicted molar refractivity (Wildman–Crippen MR) is 127 cm³/mol. The van der Waals surface area contributed by atoms with Gasteiger partial charge in [-0.3, -0.25) is 4.79 Å². The molecule has 8 heteroatoms. The number of hydrogen-bond acceptors (Lipinski definition) is 7. The van der Waals surface area contributed by atoms with Gasteiger partial charge in [0.15, 0.2) is 0 Å². The summed E-state index contributed by atoms with van der Waals surface area (Å²) in [6, 6.07) is 23.7. The summed E-state index contributed by atoms with van der Waals surface area (Å²) in [5.74, 6) is 0.184. The summed E-state index contributed by atoms with van der Waals surface area (Å²) < 4.78 is 32.4. The van der Waals surface area contributed by atoms with Gasteiger partial charge in [-0.05, 0) is 24.3 Å². The van der Waals surface area contributed by atoms with Gasteiger partial charge in [0.05, 0.1) is 23.4 Å². The summed E-state index contributed by atoms with van der Waals surface area (Å²) in [7, 11) is -2.48. The van der Waals surface area contributed by atoms with Gasteiger partial charge in [-0.15, -0.1) is 11.3 Å². The van der Waals surface area contributed by atoms with E-state index in [2.05, 4.69) is 5.32 Å². The fourth-order valence-corrected chi connectivity index (χ4v) is 6.20. The Hall–Kier alpha value is -3.62. The van der Waals surface area contributed by atoms with Crippen LogP contribution in [-0.4, -0.2) is 21.3 Å². The van der Waals surface area contributed by atoms with E-state index >= 15 is 0 Å². The summed E-state index contributed by atoms with van der Waals surface area (Å²) in [5, 5.41) is 3.36. The van der Waals surface area contributed by atoms with Crippen LogP contribution in [0.1, 0.15) is 15.2 Å². The number of anilines is 3. The van der Waals surface area contributed by atoms with Gasteiger partial charge in [0.25, 0.3) is 0 Å². The van der Waals surface area contributed by atoms with Gasteiger partial charge in [-0.1, -0.05) is 60.7 Å². The van der Waals surface area contributed by atoms with Crippen LogP contribution < -0.4 is 15.8 Å². The number of sulfone groups is 1. The first-order valence-electron chi connectivity index (χ1n) is 9.65. The minimum atomic E-state index is -4.00. The maximum atomic E-state index is 13.5. The first-order chi connectivity index (χ1) is 15.4. The summed E-state index contributed by atoms with van der Waals surface area (Å²) in [5.41, 5.74) is 7.23. The predicted octanol–water partition coefficient (Wildman–Crippen LogP) is 5.15. The molecule has 1 heterocycles. The van der Waals surface area contributed by atoms with Crippen LogP contribution in [0.5, 0.6) is 5.75 Å². The molecule has 4 aromatic rings. The molecule has 4 rings (SSSR count). The number of carbonyl (C=O) groups excluding carboxylic acids is 1. The lowest BCUT2D eigenvalue weighted by Crippen LogP contribution is -2.08. The Morgan fingerprint density at radius 2 is 1.50 bits per heavy atom. The average Bonchev–Trinajstić information content (AvgIpc) is 3.16. The van der Waals surface area contributed by atoms with Crippen LogP contribution in [0, 0.1) is 0 Å². The first kappa shape index (κ1) is 21.6. The molecule has 32 heavy (non-hydrogen) atoms. The Morgan fingerprint density at radius 3 is 2.16 bits per heavy atom. The lowest BCUT2D eigenvalue weighted by Gasteiger charge is -2.12. The lowest BCUT2D eigenvalue weighted by atomic mass is 10.1. The molecule has 0 radical (unpaired) electrons. The van der Waals surface area contributed by atoms with Crippen molar-refractivity contribution >= 4 is 43.3 Å². The molecule has 0 atom stereocenters. The number of ketones is 1. The molecule has 0 aliphatic heterocycles. The lowest BCUT2D eigenvalue weighted by molar-refractivity contribution is 0.104. The fraction of sp³-hybridized carbons (Fsp3) is 0.0417. The second-order valence-corrected chi connectivity index (χ2v) is 9.75. The highest BCUT2D eigenvalue weighted by Gasteiger charge is 2.31. The number of carbonyl (C=O) groups is 1. The molecule has 0 amide bonds. The van der Waals surface area contributed by atoms with Gasteiger partial charge in [-0.25, -0.2) is 8.42 Å². The molecule has 0 fully saturated rings. The molecule has 6 nitrogen and oxygen atoms in total. The first-order valence-corrected chi connectivity index (χ1v) is 12.0. The normalized spacial score (nSPS) is 11.2. The molecular formula is C24H20N2O4S2. The quantitative estimate of drug-likeness (QED) is 0.367. The number of para-hydroxylation sites is 2. The summed E-state index contributed by atoms with van der Waals surface area (Å²) in [6.07, 6.45) is 0. The van der Waals surface area contributed by atoms with Crippen molar-refractivity contribution in [2.24, 2.45) is 0 Å². The van der Waals surface area contributed by atoms with Crippen molar-refractivity contribution in [3.05, 3.63) is 95.4 Å².